The van der Waals surface area contributed by atoms with Crippen LogP contribution in [0.2, 0.25) is 0 Å². The van der Waals surface area contributed by atoms with Gasteiger partial charge < -0.3 is 4.98 Å². The summed E-state index contributed by atoms with van der Waals surface area (Å²) in [5.74, 6) is 1.37. The largest absolute Gasteiger partial charge is 0.353 e. The van der Waals surface area contributed by atoms with Crippen molar-refractivity contribution in [3.05, 3.63) is 96.2 Å². The van der Waals surface area contributed by atoms with Crippen LogP contribution in [0.1, 0.15) is 24.1 Å². The molecule has 0 saturated carbocycles. The van der Waals surface area contributed by atoms with Gasteiger partial charge in [-0.25, -0.2) is 4.98 Å². The van der Waals surface area contributed by atoms with Crippen LogP contribution in [-0.2, 0) is 6.42 Å². The number of nitrogens with zero attached hydrogens (tertiary/aromatic N) is 2. The second kappa shape index (κ2) is 6.21. The number of aromatic amines is 1. The molecule has 6 rings (SSSR count). The van der Waals surface area contributed by atoms with Gasteiger partial charge in [0, 0.05) is 28.1 Å². The highest BCUT2D eigenvalue weighted by atomic mass is 15.1. The summed E-state index contributed by atoms with van der Waals surface area (Å²) in [6.07, 6.45) is 1.01. The second-order valence-corrected chi connectivity index (χ2v) is 7.84. The number of nitrogens with one attached hydrogen (secondary N) is 1. The molecular weight excluding hydrogens is 354 g/mol. The third-order valence-corrected chi connectivity index (χ3v) is 5.98. The molecule has 29 heavy (non-hydrogen) atoms. The predicted molar refractivity (Wildman–Crippen MR) is 118 cm³/mol. The van der Waals surface area contributed by atoms with E-state index >= 15 is 0 Å². The fraction of sp³-hybridized carbons (Fsp3) is 0.115. The molecule has 1 aliphatic rings. The van der Waals surface area contributed by atoms with Crippen LogP contribution < -0.4 is 0 Å². The molecular formula is C26H21N3. The van der Waals surface area contributed by atoms with Gasteiger partial charge in [0.2, 0.25) is 0 Å². The summed E-state index contributed by atoms with van der Waals surface area (Å²) in [7, 11) is 0. The zero-order chi connectivity index (χ0) is 19.4. The number of aromatic nitrogens is 3. The van der Waals surface area contributed by atoms with Gasteiger partial charge in [-0.2, -0.15) is 0 Å². The Morgan fingerprint density at radius 2 is 1.55 bits per heavy atom. The number of para-hydroxylation sites is 2. The lowest BCUT2D eigenvalue weighted by molar-refractivity contribution is 0.728. The maximum absolute atomic E-state index is 5.19. The van der Waals surface area contributed by atoms with E-state index in [1.807, 2.05) is 0 Å². The molecule has 0 amide bonds. The number of rotatable bonds is 2. The molecule has 0 fully saturated rings. The van der Waals surface area contributed by atoms with Crippen molar-refractivity contribution >= 4 is 10.9 Å². The summed E-state index contributed by atoms with van der Waals surface area (Å²) >= 11 is 0. The van der Waals surface area contributed by atoms with Crippen LogP contribution in [0.25, 0.3) is 39.4 Å². The van der Waals surface area contributed by atoms with E-state index < -0.39 is 0 Å². The van der Waals surface area contributed by atoms with Crippen LogP contribution >= 0.6 is 0 Å². The molecule has 0 bridgehead atoms. The smallest absolute Gasteiger partial charge is 0.145 e. The summed E-state index contributed by atoms with van der Waals surface area (Å²) in [4.78, 5) is 8.90. The molecule has 3 aromatic carbocycles. The van der Waals surface area contributed by atoms with Crippen LogP contribution in [0.15, 0.2) is 84.9 Å². The molecule has 2 aromatic heterocycles. The SMILES string of the molecule is CC1Cc2c([nH]c3ccccc23)-c2c1nc(-c1ccccc1)n2-c1ccccc1. The van der Waals surface area contributed by atoms with Crippen molar-refractivity contribution in [3.63, 3.8) is 0 Å². The van der Waals surface area contributed by atoms with Crippen molar-refractivity contribution in [1.29, 1.82) is 0 Å². The van der Waals surface area contributed by atoms with E-state index in [1.165, 1.54) is 33.5 Å². The third-order valence-electron chi connectivity index (χ3n) is 5.98. The first-order valence-electron chi connectivity index (χ1n) is 10.1. The lowest BCUT2D eigenvalue weighted by Crippen LogP contribution is -2.10. The average Bonchev–Trinajstić information content (AvgIpc) is 3.35. The monoisotopic (exact) mass is 375 g/mol. The number of H-pyrrole nitrogens is 1. The first kappa shape index (κ1) is 16.4. The summed E-state index contributed by atoms with van der Waals surface area (Å²) in [6, 6.07) is 29.7. The zero-order valence-electron chi connectivity index (χ0n) is 16.3. The predicted octanol–water partition coefficient (Wildman–Crippen LogP) is 6.35. The number of fused-ring (bicyclic) bond motifs is 5. The quantitative estimate of drug-likeness (QED) is 0.383. The Bertz CT molecular complexity index is 1330. The van der Waals surface area contributed by atoms with Gasteiger partial charge in [-0.05, 0) is 30.2 Å². The van der Waals surface area contributed by atoms with Gasteiger partial charge in [0.15, 0.2) is 0 Å². The standard InChI is InChI=1S/C26H21N3/c1-17-16-21-20-14-8-9-15-22(20)27-24(21)25-23(17)28-26(18-10-4-2-5-11-18)29(25)19-12-6-3-7-13-19/h2-15,17,27H,16H2,1H3. The van der Waals surface area contributed by atoms with Gasteiger partial charge in [-0.3, -0.25) is 4.57 Å². The number of benzene rings is 3. The maximum atomic E-state index is 5.19. The average molecular weight is 375 g/mol. The van der Waals surface area contributed by atoms with Crippen molar-refractivity contribution in [2.45, 2.75) is 19.3 Å². The molecule has 0 saturated heterocycles. The van der Waals surface area contributed by atoms with Crippen LogP contribution in [0.3, 0.4) is 0 Å². The van der Waals surface area contributed by atoms with Crippen molar-refractivity contribution in [2.24, 2.45) is 0 Å². The third kappa shape index (κ3) is 2.40. The Morgan fingerprint density at radius 3 is 2.34 bits per heavy atom. The minimum Gasteiger partial charge on any atom is -0.353 e. The number of imidazole rings is 1. The van der Waals surface area contributed by atoms with Crippen LogP contribution in [0, 0.1) is 0 Å². The molecule has 0 radical (unpaired) electrons. The lowest BCUT2D eigenvalue weighted by atomic mass is 9.88. The van der Waals surface area contributed by atoms with E-state index in [4.69, 9.17) is 4.98 Å². The number of hydrogen-bond donors (Lipinski definition) is 1. The van der Waals surface area contributed by atoms with E-state index in [1.54, 1.807) is 0 Å². The Morgan fingerprint density at radius 1 is 0.862 bits per heavy atom. The Balaban J connectivity index is 1.73. The Labute approximate surface area is 169 Å². The molecule has 3 nitrogen and oxygen atoms in total. The first-order chi connectivity index (χ1) is 14.3. The van der Waals surface area contributed by atoms with Crippen LogP contribution in [0.5, 0.6) is 0 Å². The molecule has 140 valence electrons. The van der Waals surface area contributed by atoms with Gasteiger partial charge in [-0.15, -0.1) is 0 Å². The van der Waals surface area contributed by atoms with Crippen molar-refractivity contribution in [3.8, 4) is 28.5 Å². The van der Waals surface area contributed by atoms with Gasteiger partial charge in [-0.1, -0.05) is 73.7 Å². The fourth-order valence-electron chi connectivity index (χ4n) is 4.65. The van der Waals surface area contributed by atoms with Crippen molar-refractivity contribution < 1.29 is 0 Å². The maximum Gasteiger partial charge on any atom is 0.145 e. The molecule has 1 N–H and O–H groups in total. The molecule has 1 unspecified atom stereocenters. The van der Waals surface area contributed by atoms with E-state index in [0.717, 1.165) is 23.5 Å². The van der Waals surface area contributed by atoms with Crippen LogP contribution in [0.4, 0.5) is 0 Å². The molecule has 0 aliphatic heterocycles. The van der Waals surface area contributed by atoms with E-state index in [-0.39, 0.29) is 0 Å². The summed E-state index contributed by atoms with van der Waals surface area (Å²) in [6.45, 7) is 2.29. The topological polar surface area (TPSA) is 33.6 Å². The molecule has 3 heteroatoms. The molecule has 2 heterocycles. The fourth-order valence-corrected chi connectivity index (χ4v) is 4.65. The zero-order valence-corrected chi connectivity index (χ0v) is 16.3. The lowest BCUT2D eigenvalue weighted by Gasteiger charge is -2.20. The van der Waals surface area contributed by atoms with Gasteiger partial charge >= 0.3 is 0 Å². The van der Waals surface area contributed by atoms with Crippen molar-refractivity contribution in [1.82, 2.24) is 14.5 Å². The molecule has 1 atom stereocenters. The minimum atomic E-state index is 0.365. The first-order valence-corrected chi connectivity index (χ1v) is 10.1. The van der Waals surface area contributed by atoms with Gasteiger partial charge in [0.1, 0.15) is 5.82 Å². The highest BCUT2D eigenvalue weighted by molar-refractivity contribution is 5.92. The minimum absolute atomic E-state index is 0.365. The van der Waals surface area contributed by atoms with E-state index in [9.17, 15) is 0 Å². The normalized spacial score (nSPS) is 15.3. The van der Waals surface area contributed by atoms with Gasteiger partial charge in [0.25, 0.3) is 0 Å². The molecule has 1 aliphatic carbocycles. The Hall–Kier alpha value is -3.59. The Kier molecular flexibility index (Phi) is 3.51. The van der Waals surface area contributed by atoms with Crippen LogP contribution in [-0.4, -0.2) is 14.5 Å². The highest BCUT2D eigenvalue weighted by Gasteiger charge is 2.32. The summed E-state index contributed by atoms with van der Waals surface area (Å²) in [5.41, 5.74) is 8.44. The van der Waals surface area contributed by atoms with Crippen molar-refractivity contribution in [2.75, 3.05) is 0 Å². The van der Waals surface area contributed by atoms with E-state index in [2.05, 4.69) is 101 Å². The van der Waals surface area contributed by atoms with Gasteiger partial charge in [0.05, 0.1) is 17.1 Å². The van der Waals surface area contributed by atoms with E-state index in [0.29, 0.717) is 5.92 Å². The molecule has 0 spiro atoms. The highest BCUT2D eigenvalue weighted by Crippen LogP contribution is 2.45. The number of hydrogen-bond acceptors (Lipinski definition) is 1. The summed E-state index contributed by atoms with van der Waals surface area (Å²) < 4.78 is 2.33. The summed E-state index contributed by atoms with van der Waals surface area (Å²) in [5, 5.41) is 1.32. The molecule has 5 aromatic rings. The second-order valence-electron chi connectivity index (χ2n) is 7.84.